The number of thioether (sulfide) groups is 1. The third kappa shape index (κ3) is 2.94. The van der Waals surface area contributed by atoms with E-state index >= 15 is 0 Å². The van der Waals surface area contributed by atoms with Crippen molar-refractivity contribution in [2.45, 2.75) is 10.3 Å². The Morgan fingerprint density at radius 3 is 2.47 bits per heavy atom. The van der Waals surface area contributed by atoms with Gasteiger partial charge < -0.3 is 0 Å². The molecule has 0 radical (unpaired) electrons. The molecule has 90 valence electrons. The molecule has 0 aliphatic rings. The Morgan fingerprint density at radius 1 is 1.18 bits per heavy atom. The van der Waals surface area contributed by atoms with Crippen molar-refractivity contribution in [1.29, 1.82) is 0 Å². The maximum absolute atomic E-state index is 6.48. The fourth-order valence-corrected chi connectivity index (χ4v) is 4.29. The van der Waals surface area contributed by atoms with Crippen LogP contribution in [-0.4, -0.2) is 6.26 Å². The second kappa shape index (κ2) is 5.85. The Labute approximate surface area is 124 Å². The fraction of sp³-hybridized carbons (Fsp3) is 0.167. The highest BCUT2D eigenvalue weighted by atomic mass is 35.5. The average molecular weight is 324 g/mol. The van der Waals surface area contributed by atoms with Gasteiger partial charge in [-0.15, -0.1) is 34.7 Å². The molecule has 0 amide bonds. The summed E-state index contributed by atoms with van der Waals surface area (Å²) in [5, 5.41) is -0.255. The summed E-state index contributed by atoms with van der Waals surface area (Å²) < 4.78 is 1.32. The quantitative estimate of drug-likeness (QED) is 0.485. The molecule has 2 rings (SSSR count). The lowest BCUT2D eigenvalue weighted by molar-refractivity contribution is 1.10. The number of alkyl halides is 1. The molecule has 0 saturated heterocycles. The van der Waals surface area contributed by atoms with Crippen molar-refractivity contribution in [3.63, 3.8) is 0 Å². The molecule has 1 aromatic heterocycles. The Balaban J connectivity index is 2.43. The predicted octanol–water partition coefficient (Wildman–Crippen LogP) is 6.11. The molecule has 0 aliphatic heterocycles. The number of rotatable bonds is 3. The minimum Gasteiger partial charge on any atom is -0.129 e. The summed E-state index contributed by atoms with van der Waals surface area (Å²) in [7, 11) is 0. The van der Waals surface area contributed by atoms with E-state index in [4.69, 9.17) is 34.8 Å². The summed E-state index contributed by atoms with van der Waals surface area (Å²) in [5.41, 5.74) is 1.95. The SMILES string of the molecule is CSc1ccccc1C(Cl)c1cc(Cl)sc1Cl. The Kier molecular flexibility index (Phi) is 4.67. The highest BCUT2D eigenvalue weighted by Gasteiger charge is 2.19. The van der Waals surface area contributed by atoms with E-state index in [1.165, 1.54) is 11.3 Å². The van der Waals surface area contributed by atoms with Gasteiger partial charge in [0.25, 0.3) is 0 Å². The minimum atomic E-state index is -0.255. The largest absolute Gasteiger partial charge is 0.129 e. The van der Waals surface area contributed by atoms with E-state index in [0.29, 0.717) is 8.67 Å². The molecule has 0 fully saturated rings. The first-order chi connectivity index (χ1) is 8.13. The minimum absolute atomic E-state index is 0.255. The fourth-order valence-electron chi connectivity index (χ4n) is 1.57. The topological polar surface area (TPSA) is 0 Å². The van der Waals surface area contributed by atoms with Crippen LogP contribution in [0.25, 0.3) is 0 Å². The average Bonchev–Trinajstić information content (AvgIpc) is 2.67. The summed E-state index contributed by atoms with van der Waals surface area (Å²) in [6, 6.07) is 9.89. The van der Waals surface area contributed by atoms with Gasteiger partial charge in [-0.2, -0.15) is 0 Å². The van der Waals surface area contributed by atoms with Gasteiger partial charge in [-0.25, -0.2) is 0 Å². The molecule has 1 aromatic carbocycles. The first-order valence-corrected chi connectivity index (χ1v) is 8.08. The van der Waals surface area contributed by atoms with E-state index in [9.17, 15) is 0 Å². The Hall–Kier alpha value is 0.140. The summed E-state index contributed by atoms with van der Waals surface area (Å²) in [5.74, 6) is 0. The first kappa shape index (κ1) is 13.6. The second-order valence-electron chi connectivity index (χ2n) is 3.38. The van der Waals surface area contributed by atoms with Crippen LogP contribution in [0.3, 0.4) is 0 Å². The molecule has 0 N–H and O–H groups in total. The third-order valence-corrected chi connectivity index (χ3v) is 5.17. The number of hydrogen-bond donors (Lipinski definition) is 0. The van der Waals surface area contributed by atoms with Crippen LogP contribution < -0.4 is 0 Å². The van der Waals surface area contributed by atoms with Gasteiger partial charge in [0.05, 0.1) is 14.0 Å². The number of halogens is 3. The first-order valence-electron chi connectivity index (χ1n) is 4.85. The highest BCUT2D eigenvalue weighted by Crippen LogP contribution is 2.42. The van der Waals surface area contributed by atoms with Crippen molar-refractivity contribution in [1.82, 2.24) is 0 Å². The van der Waals surface area contributed by atoms with Crippen LogP contribution in [-0.2, 0) is 0 Å². The third-order valence-electron chi connectivity index (χ3n) is 2.37. The molecule has 1 atom stereocenters. The molecule has 0 aliphatic carbocycles. The lowest BCUT2D eigenvalue weighted by Crippen LogP contribution is -1.94. The van der Waals surface area contributed by atoms with Crippen molar-refractivity contribution in [2.24, 2.45) is 0 Å². The van der Waals surface area contributed by atoms with E-state index < -0.39 is 0 Å². The highest BCUT2D eigenvalue weighted by molar-refractivity contribution is 7.98. The predicted molar refractivity (Wildman–Crippen MR) is 80.3 cm³/mol. The molecule has 1 unspecified atom stereocenters. The standard InChI is InChI=1S/C12H9Cl3S2/c1-16-9-5-3-2-4-7(9)11(14)8-6-10(13)17-12(8)15/h2-6,11H,1H3. The molecule has 0 bridgehead atoms. The van der Waals surface area contributed by atoms with Gasteiger partial charge >= 0.3 is 0 Å². The second-order valence-corrected chi connectivity index (χ2v) is 6.95. The van der Waals surface area contributed by atoms with Crippen molar-refractivity contribution >= 4 is 57.9 Å². The lowest BCUT2D eigenvalue weighted by Gasteiger charge is -2.12. The Bertz CT molecular complexity index is 522. The lowest BCUT2D eigenvalue weighted by atomic mass is 10.1. The van der Waals surface area contributed by atoms with Crippen LogP contribution in [0.5, 0.6) is 0 Å². The van der Waals surface area contributed by atoms with Crippen molar-refractivity contribution in [3.8, 4) is 0 Å². The molecule has 0 spiro atoms. The van der Waals surface area contributed by atoms with Crippen LogP contribution >= 0.6 is 57.9 Å². The van der Waals surface area contributed by atoms with E-state index in [1.54, 1.807) is 11.8 Å². The Morgan fingerprint density at radius 2 is 1.88 bits per heavy atom. The zero-order valence-electron chi connectivity index (χ0n) is 8.91. The van der Waals surface area contributed by atoms with Gasteiger partial charge in [-0.05, 0) is 24.0 Å². The normalized spacial score (nSPS) is 12.7. The smallest absolute Gasteiger partial charge is 0.0994 e. The van der Waals surface area contributed by atoms with Crippen LogP contribution in [0, 0.1) is 0 Å². The molecular formula is C12H9Cl3S2. The maximum Gasteiger partial charge on any atom is 0.0994 e. The summed E-state index contributed by atoms with van der Waals surface area (Å²) >= 11 is 21.6. The van der Waals surface area contributed by atoms with Gasteiger partial charge in [0.15, 0.2) is 0 Å². The molecule has 5 heteroatoms. The van der Waals surface area contributed by atoms with Gasteiger partial charge in [0, 0.05) is 10.5 Å². The van der Waals surface area contributed by atoms with Crippen LogP contribution in [0.1, 0.15) is 16.5 Å². The van der Waals surface area contributed by atoms with Gasteiger partial charge in [-0.1, -0.05) is 41.4 Å². The molecular weight excluding hydrogens is 315 g/mol. The zero-order valence-corrected chi connectivity index (χ0v) is 12.8. The molecule has 2 aromatic rings. The van der Waals surface area contributed by atoms with E-state index in [2.05, 4.69) is 6.07 Å². The van der Waals surface area contributed by atoms with Crippen molar-refractivity contribution < 1.29 is 0 Å². The van der Waals surface area contributed by atoms with E-state index in [1.807, 2.05) is 30.5 Å². The van der Waals surface area contributed by atoms with Crippen LogP contribution in [0.2, 0.25) is 8.67 Å². The van der Waals surface area contributed by atoms with Gasteiger partial charge in [0.2, 0.25) is 0 Å². The van der Waals surface area contributed by atoms with Crippen molar-refractivity contribution in [2.75, 3.05) is 6.26 Å². The summed E-state index contributed by atoms with van der Waals surface area (Å²) in [4.78, 5) is 1.16. The van der Waals surface area contributed by atoms with Gasteiger partial charge in [-0.3, -0.25) is 0 Å². The van der Waals surface area contributed by atoms with Crippen LogP contribution in [0.15, 0.2) is 35.2 Å². The molecule has 0 nitrogen and oxygen atoms in total. The van der Waals surface area contributed by atoms with Crippen LogP contribution in [0.4, 0.5) is 0 Å². The summed E-state index contributed by atoms with van der Waals surface area (Å²) in [6.07, 6.45) is 2.03. The number of benzene rings is 1. The molecule has 0 saturated carbocycles. The molecule has 17 heavy (non-hydrogen) atoms. The zero-order chi connectivity index (χ0) is 12.4. The number of thiophene rings is 1. The monoisotopic (exact) mass is 322 g/mol. The molecule has 1 heterocycles. The van der Waals surface area contributed by atoms with E-state index in [0.717, 1.165) is 16.0 Å². The summed E-state index contributed by atoms with van der Waals surface area (Å²) in [6.45, 7) is 0. The number of hydrogen-bond acceptors (Lipinski definition) is 2. The van der Waals surface area contributed by atoms with E-state index in [-0.39, 0.29) is 5.38 Å². The maximum atomic E-state index is 6.48. The van der Waals surface area contributed by atoms with Gasteiger partial charge in [0.1, 0.15) is 0 Å². The van der Waals surface area contributed by atoms with Crippen molar-refractivity contribution in [3.05, 3.63) is 50.1 Å².